The molecule has 0 saturated carbocycles. The lowest BCUT2D eigenvalue weighted by atomic mass is 10.4. The van der Waals surface area contributed by atoms with Gasteiger partial charge in [-0.3, -0.25) is 0 Å². The van der Waals surface area contributed by atoms with Crippen molar-refractivity contribution in [3.8, 4) is 0 Å². The Bertz CT molecular complexity index is 480. The second-order valence-corrected chi connectivity index (χ2v) is 6.01. The molecule has 0 radical (unpaired) electrons. The number of halogens is 3. The van der Waals surface area contributed by atoms with E-state index in [4.69, 9.17) is 23.2 Å². The van der Waals surface area contributed by atoms with Gasteiger partial charge >= 0.3 is 0 Å². The van der Waals surface area contributed by atoms with E-state index in [9.17, 15) is 8.42 Å². The predicted octanol–water partition coefficient (Wildman–Crippen LogP) is 2.30. The van der Waals surface area contributed by atoms with Gasteiger partial charge in [-0.05, 0) is 38.2 Å². The van der Waals surface area contributed by atoms with Gasteiger partial charge in [0.25, 0.3) is 0 Å². The molecule has 0 fully saturated rings. The van der Waals surface area contributed by atoms with Crippen molar-refractivity contribution >= 4 is 45.6 Å². The third-order valence-electron chi connectivity index (χ3n) is 2.10. The molecule has 1 aromatic carbocycles. The van der Waals surface area contributed by atoms with E-state index in [-0.39, 0.29) is 22.3 Å². The van der Waals surface area contributed by atoms with Gasteiger partial charge in [0.15, 0.2) is 0 Å². The molecule has 104 valence electrons. The maximum atomic E-state index is 11.8. The zero-order valence-corrected chi connectivity index (χ0v) is 12.9. The van der Waals surface area contributed by atoms with Crippen molar-refractivity contribution in [2.24, 2.45) is 0 Å². The third kappa shape index (κ3) is 5.30. The molecule has 4 nitrogen and oxygen atoms in total. The Balaban J connectivity index is 0.00000289. The van der Waals surface area contributed by atoms with Crippen LogP contribution in [0.25, 0.3) is 0 Å². The highest BCUT2D eigenvalue weighted by molar-refractivity contribution is 7.89. The first kappa shape index (κ1) is 18.0. The zero-order valence-electron chi connectivity index (χ0n) is 9.74. The van der Waals surface area contributed by atoms with Crippen LogP contribution < -0.4 is 10.0 Å². The maximum Gasteiger partial charge on any atom is 0.240 e. The molecule has 0 aliphatic rings. The number of nitrogens with one attached hydrogen (secondary N) is 2. The molecule has 0 heterocycles. The van der Waals surface area contributed by atoms with Gasteiger partial charge in [0.2, 0.25) is 10.0 Å². The Morgan fingerprint density at radius 2 is 1.83 bits per heavy atom. The molecule has 18 heavy (non-hydrogen) atoms. The molecule has 0 amide bonds. The average molecular weight is 334 g/mol. The quantitative estimate of drug-likeness (QED) is 0.785. The molecule has 0 atom stereocenters. The summed E-state index contributed by atoms with van der Waals surface area (Å²) in [5.74, 6) is 0. The van der Waals surface area contributed by atoms with Crippen LogP contribution in [-0.2, 0) is 10.0 Å². The summed E-state index contributed by atoms with van der Waals surface area (Å²) in [5, 5.41) is 3.50. The van der Waals surface area contributed by atoms with Gasteiger partial charge < -0.3 is 5.32 Å². The van der Waals surface area contributed by atoms with Crippen molar-refractivity contribution in [1.29, 1.82) is 0 Å². The second-order valence-electron chi connectivity index (χ2n) is 3.43. The monoisotopic (exact) mass is 332 g/mol. The van der Waals surface area contributed by atoms with Gasteiger partial charge in [-0.1, -0.05) is 23.2 Å². The molecular formula is C10H15Cl3N2O2S. The summed E-state index contributed by atoms with van der Waals surface area (Å²) < 4.78 is 26.1. The normalized spacial score (nSPS) is 11.1. The van der Waals surface area contributed by atoms with Crippen LogP contribution in [0.3, 0.4) is 0 Å². The maximum absolute atomic E-state index is 11.8. The summed E-state index contributed by atoms with van der Waals surface area (Å²) in [6, 6.07) is 4.23. The Hall–Kier alpha value is -0.0400. The van der Waals surface area contributed by atoms with Crippen LogP contribution >= 0.6 is 35.6 Å². The molecule has 0 aromatic heterocycles. The second kappa shape index (κ2) is 8.19. The van der Waals surface area contributed by atoms with E-state index in [0.29, 0.717) is 11.6 Å². The van der Waals surface area contributed by atoms with Gasteiger partial charge in [-0.2, -0.15) is 0 Å². The van der Waals surface area contributed by atoms with Gasteiger partial charge in [0.1, 0.15) is 0 Å². The van der Waals surface area contributed by atoms with Crippen LogP contribution in [0.5, 0.6) is 0 Å². The van der Waals surface area contributed by atoms with Crippen molar-refractivity contribution in [3.05, 3.63) is 28.2 Å². The Morgan fingerprint density at radius 3 is 2.39 bits per heavy atom. The SMILES string of the molecule is CNCCCNS(=O)(=O)c1ccc(Cl)c(Cl)c1.Cl. The molecule has 0 spiro atoms. The minimum Gasteiger partial charge on any atom is -0.320 e. The van der Waals surface area contributed by atoms with Crippen molar-refractivity contribution in [1.82, 2.24) is 10.0 Å². The largest absolute Gasteiger partial charge is 0.320 e. The molecule has 0 unspecified atom stereocenters. The van der Waals surface area contributed by atoms with Crippen molar-refractivity contribution < 1.29 is 8.42 Å². The fourth-order valence-electron chi connectivity index (χ4n) is 1.20. The lowest BCUT2D eigenvalue weighted by molar-refractivity contribution is 0.577. The summed E-state index contributed by atoms with van der Waals surface area (Å²) in [6.45, 7) is 1.13. The number of sulfonamides is 1. The topological polar surface area (TPSA) is 58.2 Å². The average Bonchev–Trinajstić information content (AvgIpc) is 2.28. The Morgan fingerprint density at radius 1 is 1.17 bits per heavy atom. The molecule has 0 saturated heterocycles. The number of rotatable bonds is 6. The summed E-state index contributed by atoms with van der Waals surface area (Å²) in [4.78, 5) is 0.122. The fraction of sp³-hybridized carbons (Fsp3) is 0.400. The zero-order chi connectivity index (χ0) is 12.9. The Labute approximate surface area is 124 Å². The molecule has 0 aliphatic heterocycles. The summed E-state index contributed by atoms with van der Waals surface area (Å²) >= 11 is 11.5. The van der Waals surface area contributed by atoms with Gasteiger partial charge in [-0.15, -0.1) is 12.4 Å². The van der Waals surface area contributed by atoms with Crippen LogP contribution in [0, 0.1) is 0 Å². The molecular weight excluding hydrogens is 319 g/mol. The Kier molecular flexibility index (Phi) is 8.18. The highest BCUT2D eigenvalue weighted by atomic mass is 35.5. The van der Waals surface area contributed by atoms with Crippen molar-refractivity contribution in [2.75, 3.05) is 20.1 Å². The van der Waals surface area contributed by atoms with E-state index in [0.717, 1.165) is 13.0 Å². The van der Waals surface area contributed by atoms with Gasteiger partial charge in [0, 0.05) is 6.54 Å². The fourth-order valence-corrected chi connectivity index (χ4v) is 2.66. The van der Waals surface area contributed by atoms with E-state index in [1.165, 1.54) is 18.2 Å². The summed E-state index contributed by atoms with van der Waals surface area (Å²) in [5.41, 5.74) is 0. The van der Waals surface area contributed by atoms with Crippen LogP contribution in [0.2, 0.25) is 10.0 Å². The molecule has 1 rings (SSSR count). The van der Waals surface area contributed by atoms with E-state index in [2.05, 4.69) is 10.0 Å². The summed E-state index contributed by atoms with van der Waals surface area (Å²) in [7, 11) is -1.69. The smallest absolute Gasteiger partial charge is 0.240 e. The lowest BCUT2D eigenvalue weighted by Gasteiger charge is -2.07. The van der Waals surface area contributed by atoms with Crippen LogP contribution in [0.4, 0.5) is 0 Å². The standard InChI is InChI=1S/C10H14Cl2N2O2S.ClH/c1-13-5-2-6-14-17(15,16)8-3-4-9(11)10(12)7-8;/h3-4,7,13-14H,2,5-6H2,1H3;1H. The van der Waals surface area contributed by atoms with E-state index in [1.54, 1.807) is 0 Å². The predicted molar refractivity (Wildman–Crippen MR) is 77.4 cm³/mol. The number of hydrogen-bond acceptors (Lipinski definition) is 3. The molecule has 0 aliphatic carbocycles. The molecule has 8 heteroatoms. The minimum absolute atomic E-state index is 0. The van der Waals surface area contributed by atoms with E-state index in [1.807, 2.05) is 7.05 Å². The minimum atomic E-state index is -3.50. The van der Waals surface area contributed by atoms with E-state index < -0.39 is 10.0 Å². The first-order chi connectivity index (χ1) is 7.97. The van der Waals surface area contributed by atoms with E-state index >= 15 is 0 Å². The third-order valence-corrected chi connectivity index (χ3v) is 4.29. The van der Waals surface area contributed by atoms with Crippen molar-refractivity contribution in [2.45, 2.75) is 11.3 Å². The highest BCUT2D eigenvalue weighted by Gasteiger charge is 2.14. The molecule has 0 bridgehead atoms. The van der Waals surface area contributed by atoms with Gasteiger partial charge in [0.05, 0.1) is 14.9 Å². The summed E-state index contributed by atoms with van der Waals surface area (Å²) in [6.07, 6.45) is 0.719. The van der Waals surface area contributed by atoms with Crippen LogP contribution in [-0.4, -0.2) is 28.6 Å². The van der Waals surface area contributed by atoms with Gasteiger partial charge in [-0.25, -0.2) is 13.1 Å². The van der Waals surface area contributed by atoms with Crippen LogP contribution in [0.15, 0.2) is 23.1 Å². The highest BCUT2D eigenvalue weighted by Crippen LogP contribution is 2.24. The molecule has 1 aromatic rings. The van der Waals surface area contributed by atoms with Crippen molar-refractivity contribution in [3.63, 3.8) is 0 Å². The first-order valence-corrected chi connectivity index (χ1v) is 7.30. The first-order valence-electron chi connectivity index (χ1n) is 5.06. The number of benzene rings is 1. The number of hydrogen-bond donors (Lipinski definition) is 2. The lowest BCUT2D eigenvalue weighted by Crippen LogP contribution is -2.26. The van der Waals surface area contributed by atoms with Crippen LogP contribution in [0.1, 0.15) is 6.42 Å². The molecule has 2 N–H and O–H groups in total.